The van der Waals surface area contributed by atoms with Gasteiger partial charge in [0, 0.05) is 32.3 Å². The molecule has 2 aromatic heterocycles. The maximum absolute atomic E-state index is 13.0. The number of benzene rings is 1. The van der Waals surface area contributed by atoms with Gasteiger partial charge in [-0.15, -0.1) is 11.3 Å². The number of thiazole rings is 1. The van der Waals surface area contributed by atoms with Crippen LogP contribution in [0.5, 0.6) is 0 Å². The number of aromatic nitrogens is 2. The first-order chi connectivity index (χ1) is 15.2. The molecule has 0 unspecified atom stereocenters. The van der Waals surface area contributed by atoms with Crippen LogP contribution < -0.4 is 4.90 Å². The van der Waals surface area contributed by atoms with E-state index in [0.29, 0.717) is 35.4 Å². The molecule has 166 valence electrons. The molecule has 0 atom stereocenters. The molecule has 0 bridgehead atoms. The van der Waals surface area contributed by atoms with Gasteiger partial charge in [-0.1, -0.05) is 6.07 Å². The van der Waals surface area contributed by atoms with E-state index in [4.69, 9.17) is 5.26 Å². The first kappa shape index (κ1) is 22.2. The van der Waals surface area contributed by atoms with Gasteiger partial charge in [0.05, 0.1) is 37.5 Å². The monoisotopic (exact) mass is 469 g/mol. The van der Waals surface area contributed by atoms with Crippen LogP contribution >= 0.6 is 11.3 Å². The highest BCUT2D eigenvalue weighted by Gasteiger charge is 2.37. The van der Waals surface area contributed by atoms with E-state index in [0.717, 1.165) is 5.82 Å². The fourth-order valence-electron chi connectivity index (χ4n) is 4.02. The number of carbonyl (C=O) groups excluding carboxylic acids is 1. The second-order valence-corrected chi connectivity index (χ2v) is 11.3. The van der Waals surface area contributed by atoms with Gasteiger partial charge in [-0.25, -0.2) is 18.4 Å². The molecule has 1 aliphatic heterocycles. The number of piperazine rings is 1. The first-order valence-corrected chi connectivity index (χ1v) is 12.7. The van der Waals surface area contributed by atoms with Gasteiger partial charge in [0.25, 0.3) is 0 Å². The van der Waals surface area contributed by atoms with E-state index in [2.05, 4.69) is 20.9 Å². The summed E-state index contributed by atoms with van der Waals surface area (Å²) < 4.78 is 26.5. The second kappa shape index (κ2) is 8.48. The van der Waals surface area contributed by atoms with E-state index < -0.39 is 15.4 Å². The lowest BCUT2D eigenvalue weighted by Gasteiger charge is -2.47. The average molecular weight is 470 g/mol. The van der Waals surface area contributed by atoms with Crippen molar-refractivity contribution in [3.05, 3.63) is 47.6 Å². The van der Waals surface area contributed by atoms with Crippen molar-refractivity contribution in [2.24, 2.45) is 0 Å². The number of nitrogens with zero attached hydrogens (tertiary/aromatic N) is 5. The maximum atomic E-state index is 13.0. The van der Waals surface area contributed by atoms with Gasteiger partial charge < -0.3 is 9.80 Å². The summed E-state index contributed by atoms with van der Waals surface area (Å²) in [6.45, 7) is 5.55. The Morgan fingerprint density at radius 3 is 2.72 bits per heavy atom. The molecule has 3 heterocycles. The number of fused-ring (bicyclic) bond motifs is 1. The molecule has 8 nitrogen and oxygen atoms in total. The number of hydrogen-bond donors (Lipinski definition) is 0. The molecule has 0 aliphatic carbocycles. The molecule has 3 aromatic rings. The zero-order valence-corrected chi connectivity index (χ0v) is 19.5. The van der Waals surface area contributed by atoms with Crippen molar-refractivity contribution in [2.45, 2.75) is 30.7 Å². The van der Waals surface area contributed by atoms with Gasteiger partial charge in [0.2, 0.25) is 5.91 Å². The first-order valence-electron chi connectivity index (χ1n) is 10.2. The molecule has 1 amide bonds. The van der Waals surface area contributed by atoms with Crippen LogP contribution in [0.15, 0.2) is 46.9 Å². The normalized spacial score (nSPS) is 16.2. The van der Waals surface area contributed by atoms with Crippen molar-refractivity contribution in [2.75, 3.05) is 30.3 Å². The van der Waals surface area contributed by atoms with Gasteiger partial charge in [-0.05, 0) is 38.1 Å². The van der Waals surface area contributed by atoms with Gasteiger partial charge in [-0.2, -0.15) is 5.26 Å². The summed E-state index contributed by atoms with van der Waals surface area (Å²) in [6.07, 6.45) is 1.46. The van der Waals surface area contributed by atoms with Crippen LogP contribution in [0.2, 0.25) is 0 Å². The highest BCUT2D eigenvalue weighted by Crippen LogP contribution is 2.28. The number of nitriles is 1. The summed E-state index contributed by atoms with van der Waals surface area (Å²) in [4.78, 5) is 25.6. The Hall–Kier alpha value is -3.03. The van der Waals surface area contributed by atoms with Crippen LogP contribution in [0.25, 0.3) is 10.2 Å². The number of rotatable bonds is 5. The largest absolute Gasteiger partial charge is 0.353 e. The molecule has 0 spiro atoms. The molecule has 0 saturated carbocycles. The van der Waals surface area contributed by atoms with E-state index in [9.17, 15) is 13.2 Å². The van der Waals surface area contributed by atoms with Crippen LogP contribution in [-0.4, -0.2) is 60.1 Å². The van der Waals surface area contributed by atoms with Crippen molar-refractivity contribution < 1.29 is 13.2 Å². The van der Waals surface area contributed by atoms with E-state index in [1.807, 2.05) is 13.8 Å². The lowest BCUT2D eigenvalue weighted by atomic mass is 9.98. The Labute approximate surface area is 191 Å². The topological polar surface area (TPSA) is 107 Å². The third-order valence-electron chi connectivity index (χ3n) is 5.64. The van der Waals surface area contributed by atoms with E-state index >= 15 is 0 Å². The van der Waals surface area contributed by atoms with Gasteiger partial charge in [0.1, 0.15) is 11.9 Å². The van der Waals surface area contributed by atoms with E-state index in [1.165, 1.54) is 17.5 Å². The van der Waals surface area contributed by atoms with Crippen molar-refractivity contribution >= 4 is 43.1 Å². The van der Waals surface area contributed by atoms with Crippen LogP contribution in [0, 0.1) is 11.3 Å². The number of amides is 1. The minimum Gasteiger partial charge on any atom is -0.353 e. The lowest BCUT2D eigenvalue weighted by molar-refractivity contribution is -0.136. The highest BCUT2D eigenvalue weighted by molar-refractivity contribution is 7.91. The average Bonchev–Trinajstić information content (AvgIpc) is 3.26. The Bertz CT molecular complexity index is 1290. The fraction of sp³-hybridized carbons (Fsp3) is 0.364. The second-order valence-electron chi connectivity index (χ2n) is 8.32. The molecule has 0 N–H and O–H groups in total. The van der Waals surface area contributed by atoms with Crippen molar-refractivity contribution in [1.29, 1.82) is 5.26 Å². The zero-order valence-electron chi connectivity index (χ0n) is 17.9. The molecule has 1 aromatic carbocycles. The predicted octanol–water partition coefficient (Wildman–Crippen LogP) is 2.85. The summed E-state index contributed by atoms with van der Waals surface area (Å²) in [5.74, 6) is 0.336. The Morgan fingerprint density at radius 2 is 2.03 bits per heavy atom. The summed E-state index contributed by atoms with van der Waals surface area (Å²) >= 11 is 1.29. The van der Waals surface area contributed by atoms with Crippen LogP contribution in [0.1, 0.15) is 25.8 Å². The van der Waals surface area contributed by atoms with Crippen LogP contribution in [0.4, 0.5) is 5.82 Å². The highest BCUT2D eigenvalue weighted by atomic mass is 32.2. The molecule has 4 rings (SSSR count). The number of hydrogen-bond acceptors (Lipinski definition) is 8. The third-order valence-corrected chi connectivity index (χ3v) is 8.40. The molecular formula is C22H23N5O3S2. The molecule has 10 heteroatoms. The van der Waals surface area contributed by atoms with E-state index in [-0.39, 0.29) is 23.0 Å². The fourth-order valence-corrected chi connectivity index (χ4v) is 6.58. The van der Waals surface area contributed by atoms with Crippen molar-refractivity contribution in [3.63, 3.8) is 0 Å². The Kier molecular flexibility index (Phi) is 5.88. The molecule has 1 saturated heterocycles. The quantitative estimate of drug-likeness (QED) is 0.565. The minimum absolute atomic E-state index is 0.0733. The van der Waals surface area contributed by atoms with Crippen LogP contribution in [0.3, 0.4) is 0 Å². The SMILES string of the molecule is CC1(C)CN(c2ccc(C#N)cn2)CCN1C(=O)CCS(=O)(=O)c1cccc2ncsc12. The number of anilines is 1. The molecule has 0 radical (unpaired) electrons. The maximum Gasteiger partial charge on any atom is 0.224 e. The molecule has 32 heavy (non-hydrogen) atoms. The van der Waals surface area contributed by atoms with Gasteiger partial charge in [0.15, 0.2) is 9.84 Å². The smallest absolute Gasteiger partial charge is 0.224 e. The summed E-state index contributed by atoms with van der Waals surface area (Å²) in [5, 5.41) is 8.95. The third kappa shape index (κ3) is 4.31. The number of carbonyl (C=O) groups is 1. The van der Waals surface area contributed by atoms with E-state index in [1.54, 1.807) is 40.7 Å². The molecule has 1 aliphatic rings. The van der Waals surface area contributed by atoms with Crippen molar-refractivity contribution in [3.8, 4) is 6.07 Å². The van der Waals surface area contributed by atoms with Gasteiger partial charge in [-0.3, -0.25) is 4.79 Å². The van der Waals surface area contributed by atoms with Crippen LogP contribution in [-0.2, 0) is 14.6 Å². The van der Waals surface area contributed by atoms with Crippen molar-refractivity contribution in [1.82, 2.24) is 14.9 Å². The zero-order chi connectivity index (χ0) is 22.9. The summed E-state index contributed by atoms with van der Waals surface area (Å²) in [6, 6.07) is 10.6. The Balaban J connectivity index is 1.43. The predicted molar refractivity (Wildman–Crippen MR) is 123 cm³/mol. The lowest BCUT2D eigenvalue weighted by Crippen LogP contribution is -2.61. The molecular weight excluding hydrogens is 446 g/mol. The standard InChI is InChI=1S/C22H23N5O3S2/c1-22(2)14-26(19-7-6-16(12-23)13-24-19)9-10-27(22)20(28)8-11-32(29,30)18-5-3-4-17-21(18)31-15-25-17/h3-7,13,15H,8-11,14H2,1-2H3. The Morgan fingerprint density at radius 1 is 1.22 bits per heavy atom. The number of sulfone groups is 1. The van der Waals surface area contributed by atoms with Gasteiger partial charge >= 0.3 is 0 Å². The minimum atomic E-state index is -3.61. The number of pyridine rings is 1. The molecule has 1 fully saturated rings. The summed E-state index contributed by atoms with van der Waals surface area (Å²) in [7, 11) is -3.61. The summed E-state index contributed by atoms with van der Waals surface area (Å²) in [5.41, 5.74) is 2.28.